The van der Waals surface area contributed by atoms with Gasteiger partial charge in [-0.25, -0.2) is 0 Å². The lowest BCUT2D eigenvalue weighted by Crippen LogP contribution is -2.30. The molecule has 0 rings (SSSR count). The van der Waals surface area contributed by atoms with E-state index in [1.165, 1.54) is 0 Å². The molecule has 0 radical (unpaired) electrons. The monoisotopic (exact) mass is 210 g/mol. The van der Waals surface area contributed by atoms with Crippen molar-refractivity contribution in [2.24, 2.45) is 0 Å². The number of carbonyl (C=O) groups excluding carboxylic acids is 1. The van der Waals surface area contributed by atoms with Gasteiger partial charge in [-0.3, -0.25) is 4.79 Å². The molecular formula is C6H16N2O2P2. The molecule has 0 aromatic rings. The lowest BCUT2D eigenvalue weighted by Gasteiger charge is -2.11. The minimum Gasteiger partial charge on any atom is -0.395 e. The smallest absolute Gasteiger partial charge is 0.223 e. The number of nitrogens with one attached hydrogen (secondary N) is 2. The summed E-state index contributed by atoms with van der Waals surface area (Å²) in [6.07, 6.45) is 1.14. The fourth-order valence-corrected chi connectivity index (χ4v) is 1.54. The van der Waals surface area contributed by atoms with Gasteiger partial charge in [0.05, 0.1) is 6.61 Å². The van der Waals surface area contributed by atoms with E-state index in [-0.39, 0.29) is 18.6 Å². The lowest BCUT2D eigenvalue weighted by atomic mass is 10.1. The van der Waals surface area contributed by atoms with Gasteiger partial charge >= 0.3 is 0 Å². The molecule has 0 aromatic heterocycles. The van der Waals surface area contributed by atoms with Gasteiger partial charge in [0.1, 0.15) is 0 Å². The fourth-order valence-electron chi connectivity index (χ4n) is 0.775. The number of carbonyl (C=O) groups is 1. The van der Waals surface area contributed by atoms with Crippen LogP contribution in [-0.4, -0.2) is 30.7 Å². The molecule has 3 atom stereocenters. The number of hydrogen-bond acceptors (Lipinski definition) is 3. The third kappa shape index (κ3) is 5.84. The Morgan fingerprint density at radius 2 is 2.42 bits per heavy atom. The van der Waals surface area contributed by atoms with Crippen LogP contribution in [0, 0.1) is 0 Å². The van der Waals surface area contributed by atoms with E-state index in [0.29, 0.717) is 21.3 Å². The van der Waals surface area contributed by atoms with E-state index < -0.39 is 0 Å². The van der Waals surface area contributed by atoms with Gasteiger partial charge in [-0.15, -0.1) is 0 Å². The van der Waals surface area contributed by atoms with Crippen molar-refractivity contribution < 1.29 is 9.90 Å². The first-order valence-corrected chi connectivity index (χ1v) is 6.58. The van der Waals surface area contributed by atoms with Crippen molar-refractivity contribution >= 4 is 23.3 Å². The summed E-state index contributed by atoms with van der Waals surface area (Å²) in [6, 6.07) is 0.0311. The highest BCUT2D eigenvalue weighted by Crippen LogP contribution is 2.13. The van der Waals surface area contributed by atoms with Gasteiger partial charge in [0.2, 0.25) is 5.91 Å². The third-order valence-corrected chi connectivity index (χ3v) is 2.42. The first-order valence-electron chi connectivity index (χ1n) is 3.77. The Labute approximate surface area is 76.8 Å². The molecule has 0 aromatic carbocycles. The number of aliphatic hydroxyl groups excluding tert-OH is 1. The van der Waals surface area contributed by atoms with Gasteiger partial charge < -0.3 is 15.5 Å². The van der Waals surface area contributed by atoms with E-state index in [9.17, 15) is 4.79 Å². The normalized spacial score (nSPS) is 13.6. The Balaban J connectivity index is 3.44. The van der Waals surface area contributed by atoms with Crippen LogP contribution in [0.2, 0.25) is 0 Å². The molecule has 3 unspecified atom stereocenters. The number of amides is 1. The van der Waals surface area contributed by atoms with E-state index in [4.69, 9.17) is 5.11 Å². The van der Waals surface area contributed by atoms with Gasteiger partial charge in [-0.05, 0) is 21.9 Å². The maximum absolute atomic E-state index is 11.0. The fraction of sp³-hybridized carbons (Fsp3) is 0.833. The van der Waals surface area contributed by atoms with Crippen molar-refractivity contribution in [1.29, 1.82) is 0 Å². The topological polar surface area (TPSA) is 61.4 Å². The summed E-state index contributed by atoms with van der Waals surface area (Å²) in [5.41, 5.74) is 0. The van der Waals surface area contributed by atoms with E-state index in [2.05, 4.69) is 19.3 Å². The van der Waals surface area contributed by atoms with Crippen molar-refractivity contribution in [2.75, 3.05) is 13.7 Å². The first-order chi connectivity index (χ1) is 5.74. The zero-order valence-corrected chi connectivity index (χ0v) is 9.29. The molecule has 6 heteroatoms. The second kappa shape index (κ2) is 7.88. The minimum absolute atomic E-state index is 0.0311. The van der Waals surface area contributed by atoms with Crippen LogP contribution in [-0.2, 0) is 4.79 Å². The van der Waals surface area contributed by atoms with Crippen LogP contribution < -0.4 is 10.4 Å². The van der Waals surface area contributed by atoms with Gasteiger partial charge in [0, 0.05) is 12.5 Å². The maximum atomic E-state index is 11.0. The summed E-state index contributed by atoms with van der Waals surface area (Å²) in [5, 5.41) is 14.4. The predicted molar refractivity (Wildman–Crippen MR) is 55.3 cm³/mol. The molecule has 0 bridgehead atoms. The molecule has 12 heavy (non-hydrogen) atoms. The van der Waals surface area contributed by atoms with Crippen LogP contribution >= 0.6 is 17.3 Å². The Morgan fingerprint density at radius 3 is 2.83 bits per heavy atom. The summed E-state index contributed by atoms with van der Waals surface area (Å²) in [6.45, 7) is 0.0763. The molecule has 0 saturated heterocycles. The van der Waals surface area contributed by atoms with Crippen molar-refractivity contribution in [2.45, 2.75) is 18.9 Å². The third-order valence-electron chi connectivity index (χ3n) is 1.56. The molecule has 72 valence electrons. The second-order valence-electron chi connectivity index (χ2n) is 2.40. The molecule has 3 N–H and O–H groups in total. The standard InChI is InChI=1S/C6H16N2O2P2/c1-7-5(4-9)2-3-6(10)8-12-11/h5,7,9,12H,2-4,11H2,1H3,(H,8,10). The largest absolute Gasteiger partial charge is 0.395 e. The van der Waals surface area contributed by atoms with Gasteiger partial charge in [0.15, 0.2) is 0 Å². The highest BCUT2D eigenvalue weighted by molar-refractivity contribution is 8.02. The number of aliphatic hydroxyl groups is 1. The summed E-state index contributed by atoms with van der Waals surface area (Å²) in [7, 11) is 4.60. The molecule has 0 aliphatic rings. The zero-order valence-electron chi connectivity index (χ0n) is 7.13. The van der Waals surface area contributed by atoms with Gasteiger partial charge in [0.25, 0.3) is 0 Å². The maximum Gasteiger partial charge on any atom is 0.223 e. The van der Waals surface area contributed by atoms with E-state index in [1.54, 1.807) is 7.05 Å². The quantitative estimate of drug-likeness (QED) is 0.534. The highest BCUT2D eigenvalue weighted by atomic mass is 32.0. The summed E-state index contributed by atoms with van der Waals surface area (Å²) < 4.78 is 0. The van der Waals surface area contributed by atoms with E-state index in [1.807, 2.05) is 0 Å². The van der Waals surface area contributed by atoms with Crippen LogP contribution in [0.25, 0.3) is 0 Å². The molecule has 4 nitrogen and oxygen atoms in total. The first kappa shape index (κ1) is 12.2. The van der Waals surface area contributed by atoms with Crippen molar-refractivity contribution in [3.63, 3.8) is 0 Å². The Bertz CT molecular complexity index is 131. The van der Waals surface area contributed by atoms with Crippen LogP contribution in [0.4, 0.5) is 0 Å². The highest BCUT2D eigenvalue weighted by Gasteiger charge is 2.06. The molecule has 0 aliphatic heterocycles. The van der Waals surface area contributed by atoms with Gasteiger partial charge in [-0.1, -0.05) is 8.93 Å². The molecule has 0 heterocycles. The molecule has 0 saturated carbocycles. The molecule has 0 aliphatic carbocycles. The summed E-state index contributed by atoms with van der Waals surface area (Å²) >= 11 is 0. The van der Waals surface area contributed by atoms with Crippen molar-refractivity contribution in [3.8, 4) is 0 Å². The Kier molecular flexibility index (Phi) is 8.04. The molecule has 0 spiro atoms. The molecular weight excluding hydrogens is 194 g/mol. The van der Waals surface area contributed by atoms with Gasteiger partial charge in [-0.2, -0.15) is 0 Å². The van der Waals surface area contributed by atoms with Crippen molar-refractivity contribution in [3.05, 3.63) is 0 Å². The van der Waals surface area contributed by atoms with Crippen LogP contribution in [0.1, 0.15) is 12.8 Å². The predicted octanol–water partition coefficient (Wildman–Crippen LogP) is -0.153. The summed E-state index contributed by atoms with van der Waals surface area (Å²) in [4.78, 5) is 11.0. The summed E-state index contributed by atoms with van der Waals surface area (Å²) in [5.74, 6) is 0.0389. The Hall–Kier alpha value is 0.250. The minimum atomic E-state index is 0.0311. The molecule has 0 fully saturated rings. The van der Waals surface area contributed by atoms with Crippen LogP contribution in [0.15, 0.2) is 0 Å². The van der Waals surface area contributed by atoms with Crippen LogP contribution in [0.3, 0.4) is 0 Å². The number of rotatable bonds is 6. The number of likely N-dealkylation sites (N-methyl/N-ethyl adjacent to an activating group) is 1. The Morgan fingerprint density at radius 1 is 1.75 bits per heavy atom. The average Bonchev–Trinajstić information content (AvgIpc) is 2.07. The molecule has 1 amide bonds. The zero-order chi connectivity index (χ0) is 9.40. The van der Waals surface area contributed by atoms with Crippen molar-refractivity contribution in [1.82, 2.24) is 10.4 Å². The van der Waals surface area contributed by atoms with E-state index >= 15 is 0 Å². The number of hydrogen-bond donors (Lipinski definition) is 3. The second-order valence-corrected chi connectivity index (χ2v) is 3.80. The van der Waals surface area contributed by atoms with Crippen LogP contribution in [0.5, 0.6) is 0 Å². The lowest BCUT2D eigenvalue weighted by molar-refractivity contribution is -0.119. The average molecular weight is 210 g/mol. The van der Waals surface area contributed by atoms with E-state index in [0.717, 1.165) is 0 Å². The SMILES string of the molecule is CNC(CO)CCC(=O)NPP.